The van der Waals surface area contributed by atoms with Crippen LogP contribution in [0.2, 0.25) is 0 Å². The fraction of sp³-hybridized carbons (Fsp3) is 0.923. The van der Waals surface area contributed by atoms with E-state index in [9.17, 15) is 4.79 Å². The molecular weight excluding hydrogens is 282 g/mol. The van der Waals surface area contributed by atoms with E-state index in [1.54, 1.807) is 0 Å². The smallest absolute Gasteiger partial charge is 0.408 e. The molecule has 0 aromatic carbocycles. The number of hydrogen-bond donors (Lipinski definition) is 1. The first-order valence-corrected chi connectivity index (χ1v) is 7.46. The maximum absolute atomic E-state index is 11.8. The van der Waals surface area contributed by atoms with Gasteiger partial charge in [-0.15, -0.1) is 0 Å². The van der Waals surface area contributed by atoms with E-state index in [1.165, 1.54) is 12.8 Å². The van der Waals surface area contributed by atoms with Crippen LogP contribution in [0.1, 0.15) is 53.4 Å². The first kappa shape index (κ1) is 14.8. The monoisotopic (exact) mass is 305 g/mol. The zero-order valence-electron chi connectivity index (χ0n) is 11.3. The number of carbonyl (C=O) groups excluding carboxylic acids is 1. The summed E-state index contributed by atoms with van der Waals surface area (Å²) < 4.78 is 5.32. The van der Waals surface area contributed by atoms with Crippen molar-refractivity contribution in [2.45, 2.75) is 64.5 Å². The van der Waals surface area contributed by atoms with Crippen molar-refractivity contribution in [1.82, 2.24) is 5.32 Å². The topological polar surface area (TPSA) is 38.3 Å². The van der Waals surface area contributed by atoms with E-state index in [0.717, 1.165) is 24.1 Å². The standard InChI is InChI=1S/C13H24BrNO2/c1-10-5-7-13(9-14,8-6-10)15-11(16)17-12(2,3)4/h10H,5-9H2,1-4H3,(H,15,16). The molecule has 1 amide bonds. The van der Waals surface area contributed by atoms with Gasteiger partial charge in [0.1, 0.15) is 5.60 Å². The van der Waals surface area contributed by atoms with Gasteiger partial charge in [0, 0.05) is 5.33 Å². The van der Waals surface area contributed by atoms with E-state index in [-0.39, 0.29) is 11.6 Å². The minimum atomic E-state index is -0.431. The third-order valence-electron chi connectivity index (χ3n) is 3.25. The van der Waals surface area contributed by atoms with Gasteiger partial charge in [-0.1, -0.05) is 22.9 Å². The molecule has 1 rings (SSSR count). The number of halogens is 1. The van der Waals surface area contributed by atoms with Crippen molar-refractivity contribution in [1.29, 1.82) is 0 Å². The number of ether oxygens (including phenoxy) is 1. The number of hydrogen-bond acceptors (Lipinski definition) is 2. The summed E-state index contributed by atoms with van der Waals surface area (Å²) >= 11 is 3.53. The van der Waals surface area contributed by atoms with E-state index in [4.69, 9.17) is 4.74 Å². The van der Waals surface area contributed by atoms with Crippen LogP contribution in [0.3, 0.4) is 0 Å². The average molecular weight is 306 g/mol. The maximum Gasteiger partial charge on any atom is 0.408 e. The molecule has 0 heterocycles. The second-order valence-electron chi connectivity index (χ2n) is 6.22. The van der Waals surface area contributed by atoms with E-state index in [1.807, 2.05) is 20.8 Å². The normalized spacial score (nSPS) is 29.8. The Morgan fingerprint density at radius 1 is 1.41 bits per heavy atom. The molecule has 0 unspecified atom stereocenters. The molecule has 1 aliphatic carbocycles. The van der Waals surface area contributed by atoms with Gasteiger partial charge in [0.2, 0.25) is 0 Å². The van der Waals surface area contributed by atoms with Crippen molar-refractivity contribution < 1.29 is 9.53 Å². The number of rotatable bonds is 2. The number of amides is 1. The fourth-order valence-electron chi connectivity index (χ4n) is 2.13. The van der Waals surface area contributed by atoms with Crippen molar-refractivity contribution >= 4 is 22.0 Å². The fourth-order valence-corrected chi connectivity index (χ4v) is 2.83. The molecule has 0 spiro atoms. The van der Waals surface area contributed by atoms with Crippen molar-refractivity contribution in [2.24, 2.45) is 5.92 Å². The Balaban J connectivity index is 2.54. The minimum Gasteiger partial charge on any atom is -0.444 e. The zero-order chi connectivity index (χ0) is 13.1. The largest absolute Gasteiger partial charge is 0.444 e. The summed E-state index contributed by atoms with van der Waals surface area (Å²) in [5, 5.41) is 3.85. The zero-order valence-corrected chi connectivity index (χ0v) is 12.9. The van der Waals surface area contributed by atoms with Crippen molar-refractivity contribution in [3.63, 3.8) is 0 Å². The van der Waals surface area contributed by atoms with Gasteiger partial charge in [-0.3, -0.25) is 0 Å². The molecule has 1 saturated carbocycles. The summed E-state index contributed by atoms with van der Waals surface area (Å²) in [5.41, 5.74) is -0.547. The molecule has 0 bridgehead atoms. The molecule has 0 aromatic heterocycles. The second-order valence-corrected chi connectivity index (χ2v) is 6.78. The molecule has 0 radical (unpaired) electrons. The Bertz CT molecular complexity index is 265. The highest BCUT2D eigenvalue weighted by molar-refractivity contribution is 9.09. The molecule has 0 aliphatic heterocycles. The first-order chi connectivity index (χ1) is 7.76. The van der Waals surface area contributed by atoms with E-state index < -0.39 is 5.60 Å². The summed E-state index contributed by atoms with van der Waals surface area (Å²) in [7, 11) is 0. The molecule has 1 aliphatic rings. The van der Waals surface area contributed by atoms with Crippen LogP contribution in [0.25, 0.3) is 0 Å². The molecule has 17 heavy (non-hydrogen) atoms. The highest BCUT2D eigenvalue weighted by Gasteiger charge is 2.35. The van der Waals surface area contributed by atoms with Gasteiger partial charge in [0.05, 0.1) is 5.54 Å². The van der Waals surface area contributed by atoms with Gasteiger partial charge < -0.3 is 10.1 Å². The molecule has 1 fully saturated rings. The van der Waals surface area contributed by atoms with Crippen LogP contribution >= 0.6 is 15.9 Å². The van der Waals surface area contributed by atoms with Crippen LogP contribution in [0.15, 0.2) is 0 Å². The summed E-state index contributed by atoms with van der Waals surface area (Å²) in [6.45, 7) is 7.93. The van der Waals surface area contributed by atoms with Crippen LogP contribution in [0.5, 0.6) is 0 Å². The van der Waals surface area contributed by atoms with Crippen molar-refractivity contribution in [3.8, 4) is 0 Å². The lowest BCUT2D eigenvalue weighted by molar-refractivity contribution is 0.0432. The van der Waals surface area contributed by atoms with Gasteiger partial charge in [-0.05, 0) is 52.4 Å². The molecule has 1 N–H and O–H groups in total. The van der Waals surface area contributed by atoms with Crippen LogP contribution in [-0.4, -0.2) is 22.6 Å². The highest BCUT2D eigenvalue weighted by atomic mass is 79.9. The number of nitrogens with one attached hydrogen (secondary N) is 1. The number of carbonyl (C=O) groups is 1. The lowest BCUT2D eigenvalue weighted by Crippen LogP contribution is -2.53. The SMILES string of the molecule is CC1CCC(CBr)(NC(=O)OC(C)(C)C)CC1. The average Bonchev–Trinajstić information content (AvgIpc) is 2.19. The van der Waals surface area contributed by atoms with Crippen LogP contribution in [0.4, 0.5) is 4.79 Å². The van der Waals surface area contributed by atoms with Crippen LogP contribution in [-0.2, 0) is 4.74 Å². The van der Waals surface area contributed by atoms with Crippen LogP contribution in [0, 0.1) is 5.92 Å². The van der Waals surface area contributed by atoms with Gasteiger partial charge in [0.25, 0.3) is 0 Å². The lowest BCUT2D eigenvalue weighted by Gasteiger charge is -2.39. The Labute approximate surface area is 113 Å². The van der Waals surface area contributed by atoms with Crippen molar-refractivity contribution in [2.75, 3.05) is 5.33 Å². The molecule has 100 valence electrons. The molecular formula is C13H24BrNO2. The van der Waals surface area contributed by atoms with Crippen molar-refractivity contribution in [3.05, 3.63) is 0 Å². The van der Waals surface area contributed by atoms with E-state index in [0.29, 0.717) is 0 Å². The quantitative estimate of drug-likeness (QED) is 0.787. The summed E-state index contributed by atoms with van der Waals surface area (Å²) in [5.74, 6) is 0.766. The van der Waals surface area contributed by atoms with E-state index in [2.05, 4.69) is 28.2 Å². The Hall–Kier alpha value is -0.250. The molecule has 0 aromatic rings. The number of alkyl carbamates (subject to hydrolysis) is 1. The van der Waals surface area contributed by atoms with Gasteiger partial charge in [-0.2, -0.15) is 0 Å². The third kappa shape index (κ3) is 4.86. The second kappa shape index (κ2) is 5.59. The lowest BCUT2D eigenvalue weighted by atomic mass is 9.78. The minimum absolute atomic E-state index is 0.116. The Kier molecular flexibility index (Phi) is 4.87. The molecule has 4 heteroatoms. The van der Waals surface area contributed by atoms with Gasteiger partial charge in [-0.25, -0.2) is 4.79 Å². The van der Waals surface area contributed by atoms with Crippen LogP contribution < -0.4 is 5.32 Å². The summed E-state index contributed by atoms with van der Waals surface area (Å²) in [6, 6.07) is 0. The molecule has 0 saturated heterocycles. The van der Waals surface area contributed by atoms with Gasteiger partial charge in [0.15, 0.2) is 0 Å². The maximum atomic E-state index is 11.8. The van der Waals surface area contributed by atoms with E-state index >= 15 is 0 Å². The predicted molar refractivity (Wildman–Crippen MR) is 73.5 cm³/mol. The van der Waals surface area contributed by atoms with Gasteiger partial charge >= 0.3 is 6.09 Å². The molecule has 0 atom stereocenters. The summed E-state index contributed by atoms with van der Waals surface area (Å²) in [4.78, 5) is 11.8. The molecule has 3 nitrogen and oxygen atoms in total. The number of alkyl halides is 1. The third-order valence-corrected chi connectivity index (χ3v) is 4.33. The first-order valence-electron chi connectivity index (χ1n) is 6.33. The summed E-state index contributed by atoms with van der Waals surface area (Å²) in [6.07, 6.45) is 4.09. The Morgan fingerprint density at radius 3 is 2.35 bits per heavy atom. The highest BCUT2D eigenvalue weighted by Crippen LogP contribution is 2.33. The predicted octanol–water partition coefficient (Wildman–Crippen LogP) is 3.85. The Morgan fingerprint density at radius 2 is 1.94 bits per heavy atom.